The van der Waals surface area contributed by atoms with Gasteiger partial charge in [-0.15, -0.1) is 0 Å². The summed E-state index contributed by atoms with van der Waals surface area (Å²) in [6.45, 7) is 7.63. The highest BCUT2D eigenvalue weighted by atomic mass is 32.2. The van der Waals surface area contributed by atoms with E-state index in [1.54, 1.807) is 11.8 Å². The summed E-state index contributed by atoms with van der Waals surface area (Å²) in [6.07, 6.45) is 0. The van der Waals surface area contributed by atoms with E-state index in [2.05, 4.69) is 0 Å². The number of nitrogens with zero attached hydrogens (tertiary/aromatic N) is 1. The highest BCUT2D eigenvalue weighted by molar-refractivity contribution is 8.00. The highest BCUT2D eigenvalue weighted by Crippen LogP contribution is 2.33. The number of rotatable bonds is 3. The predicted octanol–water partition coefficient (Wildman–Crippen LogP) is 2.11. The van der Waals surface area contributed by atoms with Gasteiger partial charge in [-0.1, -0.05) is 13.8 Å². The number of furan rings is 1. The number of carboxylic acids is 1. The summed E-state index contributed by atoms with van der Waals surface area (Å²) in [5, 5.41) is 9.62. The van der Waals surface area contributed by atoms with Gasteiger partial charge in [0.05, 0.1) is 0 Å². The van der Waals surface area contributed by atoms with Crippen LogP contribution in [-0.4, -0.2) is 47.4 Å². The fraction of sp³-hybridized carbons (Fsp3) is 0.615. The molecule has 0 aromatic carbocycles. The van der Waals surface area contributed by atoms with Gasteiger partial charge in [0, 0.05) is 23.6 Å². The number of aromatic carboxylic acids is 1. The summed E-state index contributed by atoms with van der Waals surface area (Å²) in [7, 11) is -3.87. The molecule has 0 bridgehead atoms. The van der Waals surface area contributed by atoms with Crippen LogP contribution < -0.4 is 0 Å². The van der Waals surface area contributed by atoms with E-state index in [1.165, 1.54) is 18.2 Å². The Labute approximate surface area is 128 Å². The molecule has 0 aliphatic carbocycles. The van der Waals surface area contributed by atoms with Gasteiger partial charge < -0.3 is 9.52 Å². The third kappa shape index (κ3) is 2.97. The zero-order valence-corrected chi connectivity index (χ0v) is 14.0. The molecule has 1 aliphatic rings. The number of carbonyl (C=O) groups is 1. The fourth-order valence-electron chi connectivity index (χ4n) is 2.68. The molecule has 1 fully saturated rings. The van der Waals surface area contributed by atoms with Gasteiger partial charge in [0.1, 0.15) is 22.0 Å². The average molecular weight is 333 g/mol. The van der Waals surface area contributed by atoms with Crippen molar-refractivity contribution in [3.8, 4) is 0 Å². The Balaban J connectivity index is 2.52. The fourth-order valence-corrected chi connectivity index (χ4v) is 6.18. The van der Waals surface area contributed by atoms with Crippen LogP contribution in [0.15, 0.2) is 9.31 Å². The second-order valence-electron chi connectivity index (χ2n) is 5.30. The van der Waals surface area contributed by atoms with Crippen LogP contribution in [0.5, 0.6) is 0 Å². The van der Waals surface area contributed by atoms with Crippen LogP contribution in [0.2, 0.25) is 0 Å². The van der Waals surface area contributed by atoms with E-state index in [0.29, 0.717) is 13.1 Å². The maximum Gasteiger partial charge on any atom is 0.340 e. The first kappa shape index (κ1) is 16.4. The molecule has 0 saturated carbocycles. The quantitative estimate of drug-likeness (QED) is 0.911. The summed E-state index contributed by atoms with van der Waals surface area (Å²) >= 11 is 1.73. The van der Waals surface area contributed by atoms with E-state index < -0.39 is 16.0 Å². The van der Waals surface area contributed by atoms with Gasteiger partial charge in [0.25, 0.3) is 0 Å². The van der Waals surface area contributed by atoms with Gasteiger partial charge in [-0.25, -0.2) is 13.2 Å². The molecular formula is C13H19NO5S2. The SMILES string of the molecule is Cc1oc(C)c(S(=O)(=O)N2CC(C)SC(C)C2)c1C(=O)O. The summed E-state index contributed by atoms with van der Waals surface area (Å²) in [5.74, 6) is -1.04. The molecular weight excluding hydrogens is 314 g/mol. The van der Waals surface area contributed by atoms with Crippen molar-refractivity contribution in [2.24, 2.45) is 0 Å². The van der Waals surface area contributed by atoms with Crippen molar-refractivity contribution in [1.82, 2.24) is 4.31 Å². The van der Waals surface area contributed by atoms with Crippen molar-refractivity contribution in [1.29, 1.82) is 0 Å². The predicted molar refractivity (Wildman–Crippen MR) is 80.4 cm³/mol. The van der Waals surface area contributed by atoms with E-state index in [0.717, 1.165) is 0 Å². The van der Waals surface area contributed by atoms with Gasteiger partial charge in [-0.2, -0.15) is 16.1 Å². The summed E-state index contributed by atoms with van der Waals surface area (Å²) in [4.78, 5) is 11.2. The van der Waals surface area contributed by atoms with Gasteiger partial charge in [-0.3, -0.25) is 0 Å². The lowest BCUT2D eigenvalue weighted by atomic mass is 10.2. The van der Waals surface area contributed by atoms with E-state index in [1.807, 2.05) is 13.8 Å². The van der Waals surface area contributed by atoms with Crippen LogP contribution in [0, 0.1) is 13.8 Å². The first-order valence-electron chi connectivity index (χ1n) is 6.63. The Bertz CT molecular complexity index is 654. The molecule has 0 radical (unpaired) electrons. The Kier molecular flexibility index (Phi) is 4.41. The molecule has 21 heavy (non-hydrogen) atoms. The zero-order chi connectivity index (χ0) is 15.9. The number of thioether (sulfide) groups is 1. The number of carboxylic acid groups (broad SMARTS) is 1. The average Bonchev–Trinajstić information content (AvgIpc) is 2.63. The lowest BCUT2D eigenvalue weighted by molar-refractivity contribution is 0.0691. The number of aryl methyl sites for hydroxylation is 2. The monoisotopic (exact) mass is 333 g/mol. The van der Waals surface area contributed by atoms with Crippen LogP contribution >= 0.6 is 11.8 Å². The minimum absolute atomic E-state index is 0.117. The van der Waals surface area contributed by atoms with E-state index >= 15 is 0 Å². The third-order valence-electron chi connectivity index (χ3n) is 3.40. The van der Waals surface area contributed by atoms with Crippen LogP contribution in [-0.2, 0) is 10.0 Å². The summed E-state index contributed by atoms with van der Waals surface area (Å²) in [6, 6.07) is 0. The first-order valence-corrected chi connectivity index (χ1v) is 9.01. The Morgan fingerprint density at radius 1 is 1.24 bits per heavy atom. The normalized spacial score (nSPS) is 24.2. The lowest BCUT2D eigenvalue weighted by Crippen LogP contribution is -2.44. The molecule has 1 aromatic heterocycles. The van der Waals surface area contributed by atoms with Gasteiger partial charge in [-0.05, 0) is 13.8 Å². The van der Waals surface area contributed by atoms with E-state index in [4.69, 9.17) is 4.42 Å². The Morgan fingerprint density at radius 2 is 1.76 bits per heavy atom. The van der Waals surface area contributed by atoms with Crippen molar-refractivity contribution in [2.75, 3.05) is 13.1 Å². The Morgan fingerprint density at radius 3 is 2.24 bits per heavy atom. The molecule has 1 saturated heterocycles. The second-order valence-corrected chi connectivity index (χ2v) is 9.06. The molecule has 2 unspecified atom stereocenters. The van der Waals surface area contributed by atoms with Crippen molar-refractivity contribution >= 4 is 27.8 Å². The van der Waals surface area contributed by atoms with Crippen molar-refractivity contribution in [3.63, 3.8) is 0 Å². The molecule has 2 rings (SSSR count). The van der Waals surface area contributed by atoms with E-state index in [9.17, 15) is 18.3 Å². The number of sulfonamides is 1. The van der Waals surface area contributed by atoms with Crippen LogP contribution in [0.3, 0.4) is 0 Å². The summed E-state index contributed by atoms with van der Waals surface area (Å²) in [5.41, 5.74) is -0.258. The van der Waals surface area contributed by atoms with Crippen molar-refractivity contribution in [2.45, 2.75) is 43.1 Å². The molecule has 2 atom stereocenters. The molecule has 0 amide bonds. The van der Waals surface area contributed by atoms with Gasteiger partial charge in [0.15, 0.2) is 0 Å². The van der Waals surface area contributed by atoms with Crippen molar-refractivity contribution in [3.05, 3.63) is 17.1 Å². The van der Waals surface area contributed by atoms with Crippen molar-refractivity contribution < 1.29 is 22.7 Å². The Hall–Kier alpha value is -0.990. The van der Waals surface area contributed by atoms with Gasteiger partial charge >= 0.3 is 5.97 Å². The molecule has 8 heteroatoms. The molecule has 1 aliphatic heterocycles. The number of hydrogen-bond donors (Lipinski definition) is 1. The maximum absolute atomic E-state index is 12.8. The second kappa shape index (κ2) is 5.66. The van der Waals surface area contributed by atoms with E-state index in [-0.39, 0.29) is 32.5 Å². The molecule has 118 valence electrons. The summed E-state index contributed by atoms with van der Waals surface area (Å²) < 4.78 is 32.3. The minimum atomic E-state index is -3.87. The maximum atomic E-state index is 12.8. The smallest absolute Gasteiger partial charge is 0.340 e. The third-order valence-corrected chi connectivity index (χ3v) is 6.62. The minimum Gasteiger partial charge on any atom is -0.478 e. The molecule has 0 spiro atoms. The van der Waals surface area contributed by atoms with Crippen LogP contribution in [0.4, 0.5) is 0 Å². The van der Waals surface area contributed by atoms with Crippen LogP contribution in [0.25, 0.3) is 0 Å². The molecule has 6 nitrogen and oxygen atoms in total. The lowest BCUT2D eigenvalue weighted by Gasteiger charge is -2.33. The standard InChI is InChI=1S/C13H19NO5S2/c1-7-5-14(6-8(2)20-7)21(17,18)12-10(4)19-9(3)11(12)13(15)16/h7-8H,5-6H2,1-4H3,(H,15,16). The zero-order valence-electron chi connectivity index (χ0n) is 12.4. The van der Waals surface area contributed by atoms with Crippen LogP contribution in [0.1, 0.15) is 35.7 Å². The molecule has 1 N–H and O–H groups in total. The first-order chi connectivity index (χ1) is 9.64. The molecule has 2 heterocycles. The molecule has 1 aromatic rings. The topological polar surface area (TPSA) is 87.8 Å². The highest BCUT2D eigenvalue weighted by Gasteiger charge is 2.38. The largest absolute Gasteiger partial charge is 0.478 e. The van der Waals surface area contributed by atoms with Gasteiger partial charge in [0.2, 0.25) is 10.0 Å². The number of hydrogen-bond acceptors (Lipinski definition) is 5.